The zero-order valence-corrected chi connectivity index (χ0v) is 17.7. The van der Waals surface area contributed by atoms with Gasteiger partial charge in [-0.1, -0.05) is 41.6 Å². The van der Waals surface area contributed by atoms with Gasteiger partial charge in [-0.25, -0.2) is 4.98 Å². The molecule has 0 amide bonds. The third-order valence-electron chi connectivity index (χ3n) is 4.68. The zero-order valence-electron chi connectivity index (χ0n) is 16.9. The second-order valence-corrected chi connectivity index (χ2v) is 7.82. The number of nitrogens with zero attached hydrogens (tertiary/aromatic N) is 2. The van der Waals surface area contributed by atoms with E-state index in [4.69, 9.17) is 14.5 Å². The third kappa shape index (κ3) is 4.33. The Morgan fingerprint density at radius 1 is 0.933 bits per heavy atom. The SMILES string of the molecule is COc1ccc(OCCSc2nc3ccccc3c(=O)n2-c2ccc(C)cc2)cc1. The quantitative estimate of drug-likeness (QED) is 0.243. The molecule has 5 nitrogen and oxygen atoms in total. The van der Waals surface area contributed by atoms with E-state index in [2.05, 4.69) is 0 Å². The van der Waals surface area contributed by atoms with Crippen LogP contribution in [0.25, 0.3) is 16.6 Å². The Balaban J connectivity index is 1.58. The summed E-state index contributed by atoms with van der Waals surface area (Å²) >= 11 is 1.50. The highest BCUT2D eigenvalue weighted by Gasteiger charge is 2.13. The molecule has 6 heteroatoms. The van der Waals surface area contributed by atoms with E-state index in [-0.39, 0.29) is 5.56 Å². The highest BCUT2D eigenvalue weighted by molar-refractivity contribution is 7.99. The number of fused-ring (bicyclic) bond motifs is 1. The van der Waals surface area contributed by atoms with Crippen LogP contribution in [0.2, 0.25) is 0 Å². The summed E-state index contributed by atoms with van der Waals surface area (Å²) in [6, 6.07) is 22.8. The summed E-state index contributed by atoms with van der Waals surface area (Å²) in [6.07, 6.45) is 0. The lowest BCUT2D eigenvalue weighted by Gasteiger charge is -2.14. The molecule has 0 aliphatic rings. The van der Waals surface area contributed by atoms with Crippen LogP contribution in [0.1, 0.15) is 5.56 Å². The monoisotopic (exact) mass is 418 g/mol. The molecule has 4 aromatic rings. The number of hydrogen-bond acceptors (Lipinski definition) is 5. The van der Waals surface area contributed by atoms with Crippen LogP contribution in [-0.2, 0) is 0 Å². The first kappa shape index (κ1) is 20.0. The molecule has 0 saturated carbocycles. The average Bonchev–Trinajstić information content (AvgIpc) is 2.78. The summed E-state index contributed by atoms with van der Waals surface area (Å²) < 4.78 is 12.7. The maximum Gasteiger partial charge on any atom is 0.266 e. The standard InChI is InChI=1S/C24H22N2O3S/c1-17-7-9-18(10-8-17)26-23(27)21-5-3-4-6-22(21)25-24(26)30-16-15-29-20-13-11-19(28-2)12-14-20/h3-14H,15-16H2,1-2H3. The fourth-order valence-corrected chi connectivity index (χ4v) is 3.92. The number of rotatable bonds is 7. The van der Waals surface area contributed by atoms with Crippen molar-refractivity contribution in [1.29, 1.82) is 0 Å². The first-order chi connectivity index (χ1) is 14.7. The smallest absolute Gasteiger partial charge is 0.266 e. The van der Waals surface area contributed by atoms with E-state index in [0.29, 0.717) is 28.4 Å². The molecule has 0 atom stereocenters. The Morgan fingerprint density at radius 2 is 1.63 bits per heavy atom. The van der Waals surface area contributed by atoms with Gasteiger partial charge in [-0.15, -0.1) is 0 Å². The van der Waals surface area contributed by atoms with Crippen molar-refractivity contribution in [1.82, 2.24) is 9.55 Å². The topological polar surface area (TPSA) is 53.4 Å². The Morgan fingerprint density at radius 3 is 2.37 bits per heavy atom. The zero-order chi connectivity index (χ0) is 20.9. The van der Waals surface area contributed by atoms with E-state index < -0.39 is 0 Å². The molecule has 1 aromatic heterocycles. The van der Waals surface area contributed by atoms with E-state index in [1.807, 2.05) is 79.7 Å². The highest BCUT2D eigenvalue weighted by atomic mass is 32.2. The molecule has 0 bridgehead atoms. The lowest BCUT2D eigenvalue weighted by molar-refractivity contribution is 0.342. The Hall–Kier alpha value is -3.25. The summed E-state index contributed by atoms with van der Waals surface area (Å²) in [5.74, 6) is 2.22. The van der Waals surface area contributed by atoms with Crippen molar-refractivity contribution in [2.45, 2.75) is 12.1 Å². The number of methoxy groups -OCH3 is 1. The molecular weight excluding hydrogens is 396 g/mol. The number of para-hydroxylation sites is 1. The predicted octanol–water partition coefficient (Wildman–Crippen LogP) is 4.87. The number of aryl methyl sites for hydroxylation is 1. The number of benzene rings is 3. The molecule has 4 rings (SSSR count). The molecule has 1 heterocycles. The number of aromatic nitrogens is 2. The Kier molecular flexibility index (Phi) is 6.05. The van der Waals surface area contributed by atoms with Gasteiger partial charge in [0.2, 0.25) is 0 Å². The van der Waals surface area contributed by atoms with Crippen molar-refractivity contribution < 1.29 is 9.47 Å². The molecular formula is C24H22N2O3S. The van der Waals surface area contributed by atoms with Gasteiger partial charge in [0, 0.05) is 5.75 Å². The minimum absolute atomic E-state index is 0.0666. The van der Waals surface area contributed by atoms with Gasteiger partial charge in [0.25, 0.3) is 5.56 Å². The van der Waals surface area contributed by atoms with Crippen molar-refractivity contribution in [2.75, 3.05) is 19.5 Å². The molecule has 0 aliphatic carbocycles. The maximum absolute atomic E-state index is 13.2. The van der Waals surface area contributed by atoms with E-state index in [0.717, 1.165) is 22.7 Å². The summed E-state index contributed by atoms with van der Waals surface area (Å²) in [4.78, 5) is 18.0. The molecule has 152 valence electrons. The van der Waals surface area contributed by atoms with E-state index >= 15 is 0 Å². The van der Waals surface area contributed by atoms with E-state index in [1.54, 1.807) is 11.7 Å². The highest BCUT2D eigenvalue weighted by Crippen LogP contribution is 2.22. The summed E-state index contributed by atoms with van der Waals surface area (Å²) in [5.41, 5.74) is 2.58. The average molecular weight is 419 g/mol. The second kappa shape index (κ2) is 9.05. The Bertz CT molecular complexity index is 1200. The summed E-state index contributed by atoms with van der Waals surface area (Å²) in [7, 11) is 1.64. The van der Waals surface area contributed by atoms with Gasteiger partial charge in [-0.3, -0.25) is 9.36 Å². The van der Waals surface area contributed by atoms with Gasteiger partial charge in [-0.05, 0) is 55.5 Å². The van der Waals surface area contributed by atoms with Gasteiger partial charge in [0.05, 0.1) is 30.3 Å². The normalized spacial score (nSPS) is 10.9. The van der Waals surface area contributed by atoms with Crippen LogP contribution >= 0.6 is 11.8 Å². The van der Waals surface area contributed by atoms with E-state index in [9.17, 15) is 4.79 Å². The molecule has 0 radical (unpaired) electrons. The summed E-state index contributed by atoms with van der Waals surface area (Å²) in [6.45, 7) is 2.52. The van der Waals surface area contributed by atoms with Crippen molar-refractivity contribution in [3.63, 3.8) is 0 Å². The van der Waals surface area contributed by atoms with Crippen molar-refractivity contribution >= 4 is 22.7 Å². The van der Waals surface area contributed by atoms with E-state index in [1.165, 1.54) is 11.8 Å². The first-order valence-corrected chi connectivity index (χ1v) is 10.6. The lowest BCUT2D eigenvalue weighted by Crippen LogP contribution is -2.22. The van der Waals surface area contributed by atoms with Crippen molar-refractivity contribution in [3.05, 3.63) is 88.7 Å². The van der Waals surface area contributed by atoms with Gasteiger partial charge in [0.1, 0.15) is 11.5 Å². The number of thioether (sulfide) groups is 1. The molecule has 0 fully saturated rings. The number of ether oxygens (including phenoxy) is 2. The predicted molar refractivity (Wildman–Crippen MR) is 121 cm³/mol. The minimum Gasteiger partial charge on any atom is -0.497 e. The van der Waals surface area contributed by atoms with Gasteiger partial charge < -0.3 is 9.47 Å². The van der Waals surface area contributed by atoms with Crippen LogP contribution in [0.15, 0.2) is 82.7 Å². The van der Waals surface area contributed by atoms with Crippen LogP contribution in [0, 0.1) is 6.92 Å². The van der Waals surface area contributed by atoms with Gasteiger partial charge >= 0.3 is 0 Å². The molecule has 0 unspecified atom stereocenters. The molecule has 0 aliphatic heterocycles. The second-order valence-electron chi connectivity index (χ2n) is 6.76. The number of hydrogen-bond donors (Lipinski definition) is 0. The minimum atomic E-state index is -0.0666. The van der Waals surface area contributed by atoms with Gasteiger partial charge in [-0.2, -0.15) is 0 Å². The molecule has 0 saturated heterocycles. The van der Waals surface area contributed by atoms with Crippen molar-refractivity contribution in [3.8, 4) is 17.2 Å². The Labute approximate surface area is 179 Å². The van der Waals surface area contributed by atoms with Crippen LogP contribution in [0.3, 0.4) is 0 Å². The largest absolute Gasteiger partial charge is 0.497 e. The summed E-state index contributed by atoms with van der Waals surface area (Å²) in [5, 5.41) is 1.26. The van der Waals surface area contributed by atoms with Crippen molar-refractivity contribution in [2.24, 2.45) is 0 Å². The molecule has 0 N–H and O–H groups in total. The van der Waals surface area contributed by atoms with Gasteiger partial charge in [0.15, 0.2) is 5.16 Å². The molecule has 3 aromatic carbocycles. The van der Waals surface area contributed by atoms with Crippen LogP contribution in [0.4, 0.5) is 0 Å². The first-order valence-electron chi connectivity index (χ1n) is 9.64. The maximum atomic E-state index is 13.2. The molecule has 30 heavy (non-hydrogen) atoms. The fraction of sp³-hybridized carbons (Fsp3) is 0.167. The fourth-order valence-electron chi connectivity index (χ4n) is 3.10. The van der Waals surface area contributed by atoms with Crippen LogP contribution in [0.5, 0.6) is 11.5 Å². The van der Waals surface area contributed by atoms with Crippen LogP contribution in [-0.4, -0.2) is 29.0 Å². The third-order valence-corrected chi connectivity index (χ3v) is 5.58. The lowest BCUT2D eigenvalue weighted by atomic mass is 10.2. The molecule has 0 spiro atoms. The van der Waals surface area contributed by atoms with Crippen LogP contribution < -0.4 is 15.0 Å².